The van der Waals surface area contributed by atoms with Crippen LogP contribution in [0.25, 0.3) is 0 Å². The number of phosphoric ester groups is 1. The molecule has 366 valence electrons. The maximum absolute atomic E-state index is 12.7. The van der Waals surface area contributed by atoms with E-state index in [0.29, 0.717) is 17.4 Å². The lowest BCUT2D eigenvalue weighted by Gasteiger charge is -2.28. The molecule has 1 unspecified atom stereocenters. The van der Waals surface area contributed by atoms with Crippen molar-refractivity contribution >= 4 is 25.5 Å². The van der Waals surface area contributed by atoms with E-state index in [-0.39, 0.29) is 44.7 Å². The lowest BCUT2D eigenvalue weighted by Crippen LogP contribution is -2.37. The molecule has 0 aliphatic rings. The number of unbranched alkanes of at least 4 members (excludes halogenated alkanes) is 23. The molecule has 0 aliphatic heterocycles. The Balaban J connectivity index is 4.39. The van der Waals surface area contributed by atoms with Crippen LogP contribution in [-0.2, 0) is 37.5 Å². The molecule has 0 saturated carbocycles. The highest BCUT2D eigenvalue weighted by molar-refractivity contribution is 7.45. The van der Waals surface area contributed by atoms with Crippen molar-refractivity contribution in [3.8, 4) is 0 Å². The molecule has 0 aromatic carbocycles. The van der Waals surface area contributed by atoms with Gasteiger partial charge in [-0.2, -0.15) is 0 Å². The summed E-state index contributed by atoms with van der Waals surface area (Å²) in [6, 6.07) is 0. The minimum Gasteiger partial charge on any atom is -0.756 e. The van der Waals surface area contributed by atoms with Crippen molar-refractivity contribution < 1.29 is 46.8 Å². The first-order valence-electron chi connectivity index (χ1n) is 25.3. The Hall–Kier alpha value is -2.36. The highest BCUT2D eigenvalue weighted by Crippen LogP contribution is 2.38. The number of carbonyl (C=O) groups excluding carboxylic acids is 3. The van der Waals surface area contributed by atoms with Gasteiger partial charge in [0.25, 0.3) is 7.82 Å². The number of likely N-dealkylation sites (N-methyl/N-ethyl adjacent to an activating group) is 1. The van der Waals surface area contributed by atoms with Crippen molar-refractivity contribution in [1.82, 2.24) is 0 Å². The fraction of sp³-hybridized carbons (Fsp3) is 0.788. The number of allylic oxidation sites excluding steroid dienone is 8. The minimum atomic E-state index is -4.69. The van der Waals surface area contributed by atoms with Crippen molar-refractivity contribution in [1.29, 1.82) is 0 Å². The van der Waals surface area contributed by atoms with Crippen LogP contribution >= 0.6 is 7.82 Å². The standard InChI is InChI=1S/C52H94NO9P/c1-6-8-10-12-14-16-18-20-21-22-23-24-25-26-27-29-31-33-35-37-39-43-51(55)59-47-50(48-61-63(57,58)60-46-45-53(3,4)5)62-52(56)44-40-42-49(54)41-38-36-34-32-30-28-19-17-15-13-11-9-7-2/h15,17,28,30,34,36,38,41,50H,6-14,16,18-27,29,31-33,35,37,39-40,42-48H2,1-5H3/b17-15-,30-28-,36-34-,41-38+/t50-/m1/s1. The van der Waals surface area contributed by atoms with Crippen LogP contribution in [0.2, 0.25) is 0 Å². The molecular formula is C52H94NO9P. The summed E-state index contributed by atoms with van der Waals surface area (Å²) in [5.74, 6) is -1.20. The van der Waals surface area contributed by atoms with Crippen LogP contribution < -0.4 is 4.89 Å². The fourth-order valence-electron chi connectivity index (χ4n) is 6.84. The SMILES string of the molecule is CCCCC/C=C\C/C=C\C/C=C\C=C\C(=O)CCCC(=O)O[C@H](COC(=O)CCCCCCCCCCCCCCCCCCCCCCC)COP(=O)([O-])OCC[N+](C)(C)C. The second-order valence-electron chi connectivity index (χ2n) is 18.2. The van der Waals surface area contributed by atoms with E-state index < -0.39 is 32.5 Å². The third-order valence-electron chi connectivity index (χ3n) is 10.8. The van der Waals surface area contributed by atoms with Crippen LogP contribution in [-0.4, -0.2) is 75.8 Å². The van der Waals surface area contributed by atoms with Crippen LogP contribution in [0.1, 0.15) is 213 Å². The van der Waals surface area contributed by atoms with Crippen molar-refractivity contribution in [2.24, 2.45) is 0 Å². The van der Waals surface area contributed by atoms with Gasteiger partial charge in [0.1, 0.15) is 19.8 Å². The number of ketones is 1. The molecule has 0 heterocycles. The smallest absolute Gasteiger partial charge is 0.306 e. The number of phosphoric acid groups is 1. The van der Waals surface area contributed by atoms with Crippen LogP contribution in [0.5, 0.6) is 0 Å². The topological polar surface area (TPSA) is 128 Å². The summed E-state index contributed by atoms with van der Waals surface area (Å²) < 4.78 is 33.8. The highest BCUT2D eigenvalue weighted by Gasteiger charge is 2.22. The maximum atomic E-state index is 12.7. The van der Waals surface area contributed by atoms with Gasteiger partial charge in [-0.1, -0.05) is 198 Å². The molecule has 0 aromatic heterocycles. The van der Waals surface area contributed by atoms with Crippen LogP contribution in [0.3, 0.4) is 0 Å². The molecule has 0 aliphatic carbocycles. The number of rotatable bonds is 46. The van der Waals surface area contributed by atoms with Gasteiger partial charge in [-0.15, -0.1) is 0 Å². The van der Waals surface area contributed by atoms with Gasteiger partial charge in [0, 0.05) is 19.3 Å². The van der Waals surface area contributed by atoms with Gasteiger partial charge in [-0.3, -0.25) is 18.9 Å². The van der Waals surface area contributed by atoms with Gasteiger partial charge in [0.15, 0.2) is 11.9 Å². The first-order chi connectivity index (χ1) is 30.4. The monoisotopic (exact) mass is 908 g/mol. The molecular weight excluding hydrogens is 814 g/mol. The molecule has 0 spiro atoms. The maximum Gasteiger partial charge on any atom is 0.306 e. The Bertz CT molecular complexity index is 1270. The zero-order valence-electron chi connectivity index (χ0n) is 41.0. The minimum absolute atomic E-state index is 0.0633. The van der Waals surface area contributed by atoms with E-state index in [2.05, 4.69) is 38.2 Å². The van der Waals surface area contributed by atoms with Gasteiger partial charge in [-0.25, -0.2) is 0 Å². The Morgan fingerprint density at radius 2 is 1.02 bits per heavy atom. The number of carbonyl (C=O) groups is 3. The Morgan fingerprint density at radius 3 is 1.56 bits per heavy atom. The van der Waals surface area contributed by atoms with Crippen LogP contribution in [0, 0.1) is 0 Å². The molecule has 0 radical (unpaired) electrons. The van der Waals surface area contributed by atoms with Gasteiger partial charge >= 0.3 is 11.9 Å². The number of ether oxygens (including phenoxy) is 2. The summed E-state index contributed by atoms with van der Waals surface area (Å²) in [7, 11) is 1.02. The molecule has 0 N–H and O–H groups in total. The van der Waals surface area contributed by atoms with Crippen molar-refractivity contribution in [3.63, 3.8) is 0 Å². The van der Waals surface area contributed by atoms with E-state index in [1.807, 2.05) is 33.3 Å². The molecule has 10 nitrogen and oxygen atoms in total. The molecule has 2 atom stereocenters. The molecule has 0 rings (SSSR count). The zero-order valence-corrected chi connectivity index (χ0v) is 41.9. The van der Waals surface area contributed by atoms with Gasteiger partial charge < -0.3 is 27.9 Å². The molecule has 0 saturated heterocycles. The summed E-state index contributed by atoms with van der Waals surface area (Å²) in [5, 5.41) is 0. The molecule has 0 amide bonds. The Labute approximate surface area is 386 Å². The summed E-state index contributed by atoms with van der Waals surface area (Å²) in [6.45, 7) is 3.94. The van der Waals surface area contributed by atoms with Gasteiger partial charge in [-0.05, 0) is 44.6 Å². The number of hydrogen-bond acceptors (Lipinski definition) is 9. The molecule has 63 heavy (non-hydrogen) atoms. The summed E-state index contributed by atoms with van der Waals surface area (Å²) in [5.41, 5.74) is 0. The Morgan fingerprint density at radius 1 is 0.540 bits per heavy atom. The molecule has 0 bridgehead atoms. The van der Waals surface area contributed by atoms with Crippen molar-refractivity contribution in [2.75, 3.05) is 47.5 Å². The van der Waals surface area contributed by atoms with E-state index in [0.717, 1.165) is 38.5 Å². The first-order valence-corrected chi connectivity index (χ1v) is 26.8. The average Bonchev–Trinajstić information content (AvgIpc) is 3.23. The van der Waals surface area contributed by atoms with Gasteiger partial charge in [0.2, 0.25) is 0 Å². The number of quaternary nitrogens is 1. The Kier molecular flexibility index (Phi) is 41.9. The van der Waals surface area contributed by atoms with E-state index in [1.54, 1.807) is 6.08 Å². The quantitative estimate of drug-likeness (QED) is 0.0111. The van der Waals surface area contributed by atoms with Crippen molar-refractivity contribution in [3.05, 3.63) is 48.6 Å². The summed E-state index contributed by atoms with van der Waals surface area (Å²) in [6.07, 6.45) is 48.6. The van der Waals surface area contributed by atoms with E-state index in [4.69, 9.17) is 18.5 Å². The number of hydrogen-bond donors (Lipinski definition) is 0. The fourth-order valence-corrected chi connectivity index (χ4v) is 7.57. The molecule has 0 fully saturated rings. The van der Waals surface area contributed by atoms with Crippen molar-refractivity contribution in [2.45, 2.75) is 219 Å². The summed E-state index contributed by atoms with van der Waals surface area (Å²) in [4.78, 5) is 50.0. The second kappa shape index (κ2) is 43.5. The van der Waals surface area contributed by atoms with E-state index in [1.165, 1.54) is 134 Å². The second-order valence-corrected chi connectivity index (χ2v) is 19.6. The lowest BCUT2D eigenvalue weighted by atomic mass is 10.0. The summed E-state index contributed by atoms with van der Waals surface area (Å²) >= 11 is 0. The largest absolute Gasteiger partial charge is 0.756 e. The molecule has 11 heteroatoms. The first kappa shape index (κ1) is 60.6. The van der Waals surface area contributed by atoms with Crippen LogP contribution in [0.15, 0.2) is 48.6 Å². The van der Waals surface area contributed by atoms with E-state index >= 15 is 0 Å². The van der Waals surface area contributed by atoms with Gasteiger partial charge in [0.05, 0.1) is 27.7 Å². The lowest BCUT2D eigenvalue weighted by molar-refractivity contribution is -0.870. The third-order valence-corrected chi connectivity index (χ3v) is 11.8. The third kappa shape index (κ3) is 47.4. The average molecular weight is 908 g/mol. The predicted octanol–water partition coefficient (Wildman–Crippen LogP) is 13.6. The molecule has 0 aromatic rings. The number of esters is 2. The zero-order chi connectivity index (χ0) is 46.5. The normalized spacial score (nSPS) is 13.7. The van der Waals surface area contributed by atoms with Crippen LogP contribution in [0.4, 0.5) is 0 Å². The highest BCUT2D eigenvalue weighted by atomic mass is 31.2. The van der Waals surface area contributed by atoms with E-state index in [9.17, 15) is 23.8 Å². The predicted molar refractivity (Wildman–Crippen MR) is 259 cm³/mol. The number of nitrogens with zero attached hydrogens (tertiary/aromatic N) is 1.